The van der Waals surface area contributed by atoms with Crippen LogP contribution in [0.4, 0.5) is 0 Å². The third-order valence-electron chi connectivity index (χ3n) is 10.4. The number of rotatable bonds is 6. The highest BCUT2D eigenvalue weighted by Crippen LogP contribution is 2.47. The van der Waals surface area contributed by atoms with Gasteiger partial charge in [-0.3, -0.25) is 0 Å². The van der Waals surface area contributed by atoms with Gasteiger partial charge in [0.05, 0.1) is 31.8 Å². The van der Waals surface area contributed by atoms with E-state index in [1.807, 2.05) is 36.4 Å². The minimum Gasteiger partial charge on any atom is -0.226 e. The average molecular weight is 751 g/mol. The molecule has 0 amide bonds. The van der Waals surface area contributed by atoms with Gasteiger partial charge in [0.1, 0.15) is 0 Å². The molecule has 0 saturated heterocycles. The van der Waals surface area contributed by atoms with E-state index in [0.717, 1.165) is 98.7 Å². The molecule has 0 aliphatic carbocycles. The van der Waals surface area contributed by atoms with Crippen LogP contribution in [0.3, 0.4) is 0 Å². The van der Waals surface area contributed by atoms with Gasteiger partial charge in [-0.15, -0.1) is 22.7 Å². The zero-order valence-corrected chi connectivity index (χ0v) is 31.6. The lowest BCUT2D eigenvalue weighted by atomic mass is 9.88. The molecule has 0 spiro atoms. The second-order valence-corrected chi connectivity index (χ2v) is 15.8. The monoisotopic (exact) mass is 750 g/mol. The lowest BCUT2D eigenvalue weighted by Crippen LogP contribution is -1.97. The Hall–Kier alpha value is -6.86. The summed E-state index contributed by atoms with van der Waals surface area (Å²) in [6.45, 7) is 0. The number of hydrogen-bond donors (Lipinski definition) is 0. The van der Waals surface area contributed by atoms with Crippen molar-refractivity contribution in [3.8, 4) is 67.5 Å². The van der Waals surface area contributed by atoms with Gasteiger partial charge in [0, 0.05) is 42.4 Å². The van der Waals surface area contributed by atoms with Crippen molar-refractivity contribution in [2.45, 2.75) is 0 Å². The lowest BCUT2D eigenvalue weighted by Gasteiger charge is -2.17. The second kappa shape index (κ2) is 13.5. The number of nitrogens with zero attached hydrogens (tertiary/aromatic N) is 4. The van der Waals surface area contributed by atoms with Crippen LogP contribution < -0.4 is 0 Å². The zero-order valence-electron chi connectivity index (χ0n) is 29.9. The van der Waals surface area contributed by atoms with Crippen molar-refractivity contribution in [1.29, 1.82) is 0 Å². The van der Waals surface area contributed by atoms with E-state index in [9.17, 15) is 0 Å². The number of hydrogen-bond acceptors (Lipinski definition) is 6. The van der Waals surface area contributed by atoms with Crippen molar-refractivity contribution < 1.29 is 0 Å². The first kappa shape index (κ1) is 32.6. The van der Waals surface area contributed by atoms with Crippen LogP contribution in [0.2, 0.25) is 0 Å². The van der Waals surface area contributed by atoms with E-state index in [2.05, 4.69) is 146 Å². The number of benzene rings is 7. The molecule has 0 fully saturated rings. The van der Waals surface area contributed by atoms with Crippen LogP contribution in [0.25, 0.3) is 108 Å². The Morgan fingerprint density at radius 3 is 1.02 bits per heavy atom. The summed E-state index contributed by atoms with van der Waals surface area (Å²) in [5.41, 5.74) is 12.4. The standard InChI is InChI=1S/C50H30N4S2/c1-3-17-31(18-4-1)49-51-43(47-45(53-49)39-27-13-15-29-41(39)55-47)37-25-11-9-23-35(37)33-21-7-8-22-34(33)36-24-10-12-26-38(36)44-48-46(40-28-14-16-30-42(40)56-48)54-50(52-44)32-19-5-2-6-20-32/h1-30H. The number of fused-ring (bicyclic) bond motifs is 6. The highest BCUT2D eigenvalue weighted by Gasteiger charge is 2.23. The fourth-order valence-electron chi connectivity index (χ4n) is 7.78. The molecule has 0 radical (unpaired) electrons. The molecular weight excluding hydrogens is 721 g/mol. The fraction of sp³-hybridized carbons (Fsp3) is 0. The molecule has 0 bridgehead atoms. The minimum atomic E-state index is 0.718. The molecule has 262 valence electrons. The molecule has 4 heterocycles. The lowest BCUT2D eigenvalue weighted by molar-refractivity contribution is 1.24. The van der Waals surface area contributed by atoms with E-state index in [4.69, 9.17) is 19.9 Å². The summed E-state index contributed by atoms with van der Waals surface area (Å²) in [5, 5.41) is 2.29. The summed E-state index contributed by atoms with van der Waals surface area (Å²) in [6.07, 6.45) is 0. The first-order valence-electron chi connectivity index (χ1n) is 18.6. The maximum absolute atomic E-state index is 5.37. The van der Waals surface area contributed by atoms with Gasteiger partial charge in [-0.25, -0.2) is 19.9 Å². The molecule has 4 aromatic heterocycles. The van der Waals surface area contributed by atoms with E-state index in [1.54, 1.807) is 22.7 Å². The van der Waals surface area contributed by atoms with Gasteiger partial charge >= 0.3 is 0 Å². The van der Waals surface area contributed by atoms with E-state index in [1.165, 1.54) is 9.40 Å². The van der Waals surface area contributed by atoms with Gasteiger partial charge < -0.3 is 0 Å². The van der Waals surface area contributed by atoms with Gasteiger partial charge in [-0.05, 0) is 34.4 Å². The summed E-state index contributed by atoms with van der Waals surface area (Å²) < 4.78 is 4.56. The molecule has 0 aliphatic heterocycles. The molecule has 6 heteroatoms. The van der Waals surface area contributed by atoms with Crippen molar-refractivity contribution in [3.05, 3.63) is 182 Å². The highest BCUT2D eigenvalue weighted by molar-refractivity contribution is 7.26. The maximum atomic E-state index is 5.37. The Morgan fingerprint density at radius 1 is 0.286 bits per heavy atom. The molecule has 7 aromatic carbocycles. The Balaban J connectivity index is 1.15. The molecule has 0 unspecified atom stereocenters. The quantitative estimate of drug-likeness (QED) is 0.170. The normalized spacial score (nSPS) is 11.6. The van der Waals surface area contributed by atoms with Gasteiger partial charge in [-0.2, -0.15) is 0 Å². The van der Waals surface area contributed by atoms with Crippen molar-refractivity contribution in [3.63, 3.8) is 0 Å². The van der Waals surface area contributed by atoms with Crippen LogP contribution >= 0.6 is 22.7 Å². The third kappa shape index (κ3) is 5.41. The van der Waals surface area contributed by atoms with Crippen molar-refractivity contribution in [1.82, 2.24) is 19.9 Å². The first-order valence-corrected chi connectivity index (χ1v) is 20.2. The van der Waals surface area contributed by atoms with Gasteiger partial charge in [0.2, 0.25) is 0 Å². The SMILES string of the molecule is c1ccc(-c2nc(-c3ccccc3-c3ccccc3-c3ccccc3-c3nc(-c4ccccc4)nc4c3sc3ccccc34)c3sc4ccccc4c3n2)cc1. The summed E-state index contributed by atoms with van der Waals surface area (Å²) in [6, 6.07) is 63.7. The molecular formula is C50H30N4S2. The molecule has 0 saturated carbocycles. The summed E-state index contributed by atoms with van der Waals surface area (Å²) in [5.74, 6) is 1.44. The van der Waals surface area contributed by atoms with E-state index < -0.39 is 0 Å². The summed E-state index contributed by atoms with van der Waals surface area (Å²) in [7, 11) is 0. The average Bonchev–Trinajstić information content (AvgIpc) is 3.85. The Morgan fingerprint density at radius 2 is 0.607 bits per heavy atom. The fourth-order valence-corrected chi connectivity index (χ4v) is 10.1. The topological polar surface area (TPSA) is 51.6 Å². The molecule has 0 atom stereocenters. The van der Waals surface area contributed by atoms with Crippen molar-refractivity contribution in [2.75, 3.05) is 0 Å². The zero-order chi connectivity index (χ0) is 37.0. The van der Waals surface area contributed by atoms with Gasteiger partial charge in [0.25, 0.3) is 0 Å². The van der Waals surface area contributed by atoms with Crippen LogP contribution in [-0.4, -0.2) is 19.9 Å². The number of aromatic nitrogens is 4. The predicted molar refractivity (Wildman–Crippen MR) is 236 cm³/mol. The molecule has 11 aromatic rings. The summed E-state index contributed by atoms with van der Waals surface area (Å²) in [4.78, 5) is 21.1. The molecule has 56 heavy (non-hydrogen) atoms. The van der Waals surface area contributed by atoms with E-state index in [-0.39, 0.29) is 0 Å². The third-order valence-corrected chi connectivity index (χ3v) is 12.7. The van der Waals surface area contributed by atoms with Gasteiger partial charge in [0.15, 0.2) is 11.6 Å². The van der Waals surface area contributed by atoms with Crippen LogP contribution in [0.5, 0.6) is 0 Å². The number of thiophene rings is 2. The first-order chi connectivity index (χ1) is 27.8. The van der Waals surface area contributed by atoms with Crippen molar-refractivity contribution >= 4 is 63.3 Å². The Bertz CT molecular complexity index is 3040. The van der Waals surface area contributed by atoms with E-state index in [0.29, 0.717) is 0 Å². The predicted octanol–water partition coefficient (Wildman–Crippen LogP) is 14.0. The minimum absolute atomic E-state index is 0.718. The second-order valence-electron chi connectivity index (χ2n) is 13.7. The van der Waals surface area contributed by atoms with Gasteiger partial charge in [-0.1, -0.05) is 170 Å². The highest BCUT2D eigenvalue weighted by atomic mass is 32.1. The van der Waals surface area contributed by atoms with Crippen LogP contribution in [0.1, 0.15) is 0 Å². The Kier molecular flexibility index (Phi) is 7.83. The van der Waals surface area contributed by atoms with Crippen LogP contribution in [0.15, 0.2) is 182 Å². The molecule has 11 rings (SSSR count). The van der Waals surface area contributed by atoms with E-state index >= 15 is 0 Å². The largest absolute Gasteiger partial charge is 0.226 e. The smallest absolute Gasteiger partial charge is 0.160 e. The molecule has 0 N–H and O–H groups in total. The molecule has 0 aliphatic rings. The maximum Gasteiger partial charge on any atom is 0.160 e. The molecule has 4 nitrogen and oxygen atoms in total. The Labute approximate surface area is 331 Å². The van der Waals surface area contributed by atoms with Crippen molar-refractivity contribution in [2.24, 2.45) is 0 Å². The summed E-state index contributed by atoms with van der Waals surface area (Å²) >= 11 is 3.51. The van der Waals surface area contributed by atoms with Crippen LogP contribution in [0, 0.1) is 0 Å². The van der Waals surface area contributed by atoms with Crippen LogP contribution in [-0.2, 0) is 0 Å².